The topological polar surface area (TPSA) is 75.1 Å². The summed E-state index contributed by atoms with van der Waals surface area (Å²) in [7, 11) is 0. The summed E-state index contributed by atoms with van der Waals surface area (Å²) < 4.78 is 11.3. The zero-order chi connectivity index (χ0) is 21.8. The molecule has 2 aromatic carbocycles. The number of nitrogens with one attached hydrogen (secondary N) is 2. The molecule has 0 aliphatic heterocycles. The molecule has 3 N–H and O–H groups in total. The average molecular weight is 414 g/mol. The molecule has 0 aliphatic carbocycles. The number of hydrogen-bond donors (Lipinski definition) is 3. The molecule has 0 radical (unpaired) electrons. The highest BCUT2D eigenvalue weighted by Gasteiger charge is 2.09. The number of hydrogen-bond acceptors (Lipinski definition) is 4. The Kier molecular flexibility index (Phi) is 10.2. The number of rotatable bonds is 11. The molecule has 0 amide bonds. The molecule has 6 heteroatoms. The fourth-order valence-electron chi connectivity index (χ4n) is 2.98. The van der Waals surface area contributed by atoms with Gasteiger partial charge in [0.1, 0.15) is 12.4 Å². The lowest BCUT2D eigenvalue weighted by Gasteiger charge is -2.16. The zero-order valence-corrected chi connectivity index (χ0v) is 18.6. The van der Waals surface area contributed by atoms with Crippen LogP contribution in [0.1, 0.15) is 42.2 Å². The maximum absolute atomic E-state index is 10.5. The van der Waals surface area contributed by atoms with Crippen LogP contribution in [0.5, 0.6) is 5.75 Å². The van der Waals surface area contributed by atoms with Gasteiger partial charge in [-0.3, -0.25) is 0 Å². The van der Waals surface area contributed by atoms with Gasteiger partial charge in [0.15, 0.2) is 5.96 Å². The van der Waals surface area contributed by atoms with Crippen LogP contribution in [0.25, 0.3) is 0 Å². The van der Waals surface area contributed by atoms with Gasteiger partial charge in [0.05, 0.1) is 19.3 Å². The Hall–Kier alpha value is -2.57. The number of benzene rings is 2. The Morgan fingerprint density at radius 3 is 2.57 bits per heavy atom. The summed E-state index contributed by atoms with van der Waals surface area (Å²) in [6.07, 6.45) is -0.606. The van der Waals surface area contributed by atoms with E-state index >= 15 is 0 Å². The molecule has 30 heavy (non-hydrogen) atoms. The first-order valence-electron chi connectivity index (χ1n) is 10.6. The number of guanidine groups is 1. The molecule has 6 nitrogen and oxygen atoms in total. The molecule has 1 atom stereocenters. The van der Waals surface area contributed by atoms with Crippen molar-refractivity contribution in [1.82, 2.24) is 10.6 Å². The zero-order valence-electron chi connectivity index (χ0n) is 18.6. The van der Waals surface area contributed by atoms with Crippen molar-refractivity contribution in [3.8, 4) is 5.75 Å². The van der Waals surface area contributed by atoms with E-state index in [1.165, 1.54) is 0 Å². The van der Waals surface area contributed by atoms with Crippen molar-refractivity contribution in [2.45, 2.75) is 40.3 Å². The highest BCUT2D eigenvalue weighted by Crippen LogP contribution is 2.21. The summed E-state index contributed by atoms with van der Waals surface area (Å²) >= 11 is 0. The number of aliphatic hydroxyl groups excluding tert-OH is 1. The maximum Gasteiger partial charge on any atom is 0.191 e. The van der Waals surface area contributed by atoms with Crippen molar-refractivity contribution in [2.75, 3.05) is 32.9 Å². The Morgan fingerprint density at radius 2 is 1.83 bits per heavy atom. The third kappa shape index (κ3) is 8.05. The summed E-state index contributed by atoms with van der Waals surface area (Å²) in [5.74, 6) is 1.49. The quantitative estimate of drug-likeness (QED) is 0.299. The molecule has 0 spiro atoms. The van der Waals surface area contributed by atoms with Gasteiger partial charge in [-0.25, -0.2) is 4.99 Å². The van der Waals surface area contributed by atoms with Gasteiger partial charge in [-0.05, 0) is 44.9 Å². The molecule has 0 aromatic heterocycles. The normalized spacial score (nSPS) is 12.5. The number of aryl methyl sites for hydroxylation is 2. The fraction of sp³-hybridized carbons (Fsp3) is 0.458. The van der Waals surface area contributed by atoms with E-state index < -0.39 is 6.10 Å². The van der Waals surface area contributed by atoms with E-state index in [9.17, 15) is 5.11 Å². The molecular formula is C24H35N3O3. The molecule has 0 saturated heterocycles. The van der Waals surface area contributed by atoms with Gasteiger partial charge in [0.25, 0.3) is 0 Å². The molecule has 164 valence electrons. The Balaban J connectivity index is 2.01. The van der Waals surface area contributed by atoms with Crippen molar-refractivity contribution in [2.24, 2.45) is 4.99 Å². The first-order chi connectivity index (χ1) is 14.5. The van der Waals surface area contributed by atoms with Crippen molar-refractivity contribution >= 4 is 5.96 Å². The molecule has 2 aromatic rings. The van der Waals surface area contributed by atoms with Crippen LogP contribution >= 0.6 is 0 Å². The molecule has 0 heterocycles. The Bertz CT molecular complexity index is 808. The molecular weight excluding hydrogens is 378 g/mol. The van der Waals surface area contributed by atoms with E-state index in [2.05, 4.69) is 21.7 Å². The van der Waals surface area contributed by atoms with Crippen LogP contribution in [0.3, 0.4) is 0 Å². The number of nitrogens with zero attached hydrogens (tertiary/aromatic N) is 1. The van der Waals surface area contributed by atoms with Gasteiger partial charge in [-0.1, -0.05) is 42.0 Å². The van der Waals surface area contributed by atoms with Crippen LogP contribution in [-0.2, 0) is 11.3 Å². The van der Waals surface area contributed by atoms with E-state index in [-0.39, 0.29) is 0 Å². The minimum absolute atomic E-state index is 0.376. The standard InChI is InChI=1S/C24H35N3O3/c1-5-25-24(27-17-22(28)20-9-7-8-18(3)14-20)26-16-21-11-10-19(4)15-23(21)30-13-12-29-6-2/h7-11,14-15,22,28H,5-6,12-13,16-17H2,1-4H3,(H2,25,26,27). The molecule has 0 bridgehead atoms. The summed E-state index contributed by atoms with van der Waals surface area (Å²) in [4.78, 5) is 4.67. The SMILES string of the molecule is CCNC(=NCc1ccc(C)cc1OCCOCC)NCC(O)c1cccc(C)c1. The van der Waals surface area contributed by atoms with Crippen LogP contribution in [-0.4, -0.2) is 44.0 Å². The van der Waals surface area contributed by atoms with Crippen molar-refractivity contribution in [3.63, 3.8) is 0 Å². The van der Waals surface area contributed by atoms with Crippen LogP contribution in [0.4, 0.5) is 0 Å². The summed E-state index contributed by atoms with van der Waals surface area (Å²) in [5.41, 5.74) is 4.17. The number of aliphatic hydroxyl groups is 1. The van der Waals surface area contributed by atoms with E-state index in [0.29, 0.717) is 38.9 Å². The second-order valence-corrected chi connectivity index (χ2v) is 7.16. The van der Waals surface area contributed by atoms with Crippen molar-refractivity contribution in [3.05, 3.63) is 64.7 Å². The molecule has 2 rings (SSSR count). The smallest absolute Gasteiger partial charge is 0.191 e. The molecule has 0 saturated carbocycles. The molecule has 0 aliphatic rings. The van der Waals surface area contributed by atoms with Gasteiger partial charge in [0, 0.05) is 25.3 Å². The lowest BCUT2D eigenvalue weighted by Crippen LogP contribution is -2.39. The summed E-state index contributed by atoms with van der Waals surface area (Å²) in [6, 6.07) is 14.0. The first kappa shape index (κ1) is 23.7. The first-order valence-corrected chi connectivity index (χ1v) is 10.6. The highest BCUT2D eigenvalue weighted by atomic mass is 16.5. The highest BCUT2D eigenvalue weighted by molar-refractivity contribution is 5.79. The summed E-state index contributed by atoms with van der Waals surface area (Å²) in [5, 5.41) is 16.9. The second kappa shape index (κ2) is 12.9. The molecule has 1 unspecified atom stereocenters. The average Bonchev–Trinajstić information content (AvgIpc) is 2.74. The minimum Gasteiger partial charge on any atom is -0.491 e. The second-order valence-electron chi connectivity index (χ2n) is 7.16. The van der Waals surface area contributed by atoms with Gasteiger partial charge in [0.2, 0.25) is 0 Å². The van der Waals surface area contributed by atoms with E-state index in [4.69, 9.17) is 9.47 Å². The largest absolute Gasteiger partial charge is 0.491 e. The minimum atomic E-state index is -0.606. The van der Waals surface area contributed by atoms with Gasteiger partial charge >= 0.3 is 0 Å². The van der Waals surface area contributed by atoms with Gasteiger partial charge in [-0.15, -0.1) is 0 Å². The van der Waals surface area contributed by atoms with Gasteiger partial charge in [-0.2, -0.15) is 0 Å². The number of aliphatic imine (C=N–C) groups is 1. The van der Waals surface area contributed by atoms with Crippen molar-refractivity contribution < 1.29 is 14.6 Å². The lowest BCUT2D eigenvalue weighted by molar-refractivity contribution is 0.110. The maximum atomic E-state index is 10.5. The van der Waals surface area contributed by atoms with Crippen LogP contribution < -0.4 is 15.4 Å². The number of ether oxygens (including phenoxy) is 2. The monoisotopic (exact) mass is 413 g/mol. The van der Waals surface area contributed by atoms with E-state index in [0.717, 1.165) is 34.5 Å². The van der Waals surface area contributed by atoms with Gasteiger partial charge < -0.3 is 25.2 Å². The third-order valence-electron chi connectivity index (χ3n) is 4.55. The molecule has 0 fully saturated rings. The third-order valence-corrected chi connectivity index (χ3v) is 4.55. The fourth-order valence-corrected chi connectivity index (χ4v) is 2.98. The lowest BCUT2D eigenvalue weighted by atomic mass is 10.1. The van der Waals surface area contributed by atoms with E-state index in [1.54, 1.807) is 0 Å². The predicted octanol–water partition coefficient (Wildman–Crippen LogP) is 3.51. The van der Waals surface area contributed by atoms with Crippen LogP contribution in [0.15, 0.2) is 47.5 Å². The summed E-state index contributed by atoms with van der Waals surface area (Å²) in [6.45, 7) is 11.4. The van der Waals surface area contributed by atoms with Crippen molar-refractivity contribution in [1.29, 1.82) is 0 Å². The van der Waals surface area contributed by atoms with E-state index in [1.807, 2.05) is 64.1 Å². The Labute approximate surface area is 180 Å². The Morgan fingerprint density at radius 1 is 1.03 bits per heavy atom. The van der Waals surface area contributed by atoms with Crippen LogP contribution in [0.2, 0.25) is 0 Å². The predicted molar refractivity (Wildman–Crippen MR) is 122 cm³/mol. The van der Waals surface area contributed by atoms with Crippen LogP contribution in [0, 0.1) is 13.8 Å².